The number of amides is 2. The number of hydrogen-bond acceptors (Lipinski definition) is 4. The molecule has 0 saturated carbocycles. The Bertz CT molecular complexity index is 945. The van der Waals surface area contributed by atoms with Gasteiger partial charge in [-0.1, -0.05) is 25.1 Å². The molecule has 150 valence electrons. The van der Waals surface area contributed by atoms with Crippen LogP contribution in [0, 0.1) is 5.92 Å². The third-order valence-electron chi connectivity index (χ3n) is 4.84. The molecule has 0 aliphatic carbocycles. The van der Waals surface area contributed by atoms with Gasteiger partial charge in [0.15, 0.2) is 0 Å². The van der Waals surface area contributed by atoms with E-state index in [2.05, 4.69) is 10.3 Å². The van der Waals surface area contributed by atoms with Crippen LogP contribution < -0.4 is 10.9 Å². The number of hydrogen-bond donors (Lipinski definition) is 2. The predicted molar refractivity (Wildman–Crippen MR) is 107 cm³/mol. The number of pyridine rings is 1. The molecule has 3 rings (SSSR count). The topological polar surface area (TPSA) is 91.5 Å². The molecule has 1 aliphatic heterocycles. The molecule has 1 aromatic carbocycles. The first-order valence-corrected chi connectivity index (χ1v) is 9.50. The number of fused-ring (bicyclic) bond motifs is 1. The molecule has 7 heteroatoms. The van der Waals surface area contributed by atoms with E-state index < -0.39 is 11.7 Å². The average Bonchev–Trinajstić information content (AvgIpc) is 2.94. The van der Waals surface area contributed by atoms with E-state index in [1.165, 1.54) is 0 Å². The lowest BCUT2D eigenvalue weighted by Crippen LogP contribution is -2.43. The van der Waals surface area contributed by atoms with Gasteiger partial charge in [-0.25, -0.2) is 4.79 Å². The van der Waals surface area contributed by atoms with Crippen molar-refractivity contribution in [3.8, 4) is 0 Å². The van der Waals surface area contributed by atoms with Crippen LogP contribution in [0.5, 0.6) is 0 Å². The lowest BCUT2D eigenvalue weighted by molar-refractivity contribution is -0.129. The van der Waals surface area contributed by atoms with Crippen molar-refractivity contribution in [2.24, 2.45) is 5.92 Å². The maximum absolute atomic E-state index is 12.7. The Kier molecular flexibility index (Phi) is 5.45. The average molecular weight is 385 g/mol. The smallest absolute Gasteiger partial charge is 0.407 e. The Morgan fingerprint density at radius 2 is 1.96 bits per heavy atom. The van der Waals surface area contributed by atoms with Crippen molar-refractivity contribution in [1.82, 2.24) is 15.2 Å². The van der Waals surface area contributed by atoms with Crippen LogP contribution in [-0.2, 0) is 16.0 Å². The molecule has 1 aliphatic rings. The largest absolute Gasteiger partial charge is 0.444 e. The van der Waals surface area contributed by atoms with Crippen LogP contribution in [0.15, 0.2) is 35.1 Å². The Labute approximate surface area is 164 Å². The molecule has 28 heavy (non-hydrogen) atoms. The van der Waals surface area contributed by atoms with Gasteiger partial charge in [0.1, 0.15) is 5.60 Å². The van der Waals surface area contributed by atoms with Crippen molar-refractivity contribution in [2.75, 3.05) is 13.1 Å². The fourth-order valence-corrected chi connectivity index (χ4v) is 3.42. The molecular formula is C21H27N3O4. The van der Waals surface area contributed by atoms with Crippen LogP contribution >= 0.6 is 0 Å². The molecule has 1 aromatic heterocycles. The third-order valence-corrected chi connectivity index (χ3v) is 4.84. The summed E-state index contributed by atoms with van der Waals surface area (Å²) in [5.74, 6) is -0.0209. The number of carbonyl (C=O) groups excluding carboxylic acids is 2. The third kappa shape index (κ3) is 4.71. The zero-order chi connectivity index (χ0) is 20.5. The highest BCUT2D eigenvalue weighted by Gasteiger charge is 2.34. The van der Waals surface area contributed by atoms with Gasteiger partial charge in [-0.2, -0.15) is 0 Å². The summed E-state index contributed by atoms with van der Waals surface area (Å²) in [4.78, 5) is 41.6. The molecule has 0 radical (unpaired) electrons. The van der Waals surface area contributed by atoms with Crippen LogP contribution in [-0.4, -0.2) is 46.6 Å². The molecule has 0 unspecified atom stereocenters. The molecule has 2 N–H and O–H groups in total. The summed E-state index contributed by atoms with van der Waals surface area (Å²) in [5.41, 5.74) is 0.376. The van der Waals surface area contributed by atoms with Crippen molar-refractivity contribution >= 4 is 22.9 Å². The summed E-state index contributed by atoms with van der Waals surface area (Å²) in [6.45, 7) is 8.35. The standard InChI is InChI=1S/C21H27N3O4/c1-13-11-24(12-17(13)23-20(27)28-21(2,3)4)18(25)10-15-9-14-7-5-6-8-16(14)22-19(15)26/h5-9,13,17H,10-12H2,1-4H3,(H,22,26)(H,23,27)/t13-,17-/m0/s1. The highest BCUT2D eigenvalue weighted by molar-refractivity contribution is 5.83. The summed E-state index contributed by atoms with van der Waals surface area (Å²) in [6, 6.07) is 9.07. The van der Waals surface area contributed by atoms with Crippen molar-refractivity contribution < 1.29 is 14.3 Å². The van der Waals surface area contributed by atoms with Gasteiger partial charge >= 0.3 is 6.09 Å². The number of para-hydroxylation sites is 1. The number of aromatic nitrogens is 1. The normalized spacial score (nSPS) is 19.6. The molecule has 2 amide bonds. The Morgan fingerprint density at radius 1 is 1.25 bits per heavy atom. The van der Waals surface area contributed by atoms with Crippen molar-refractivity contribution in [1.29, 1.82) is 0 Å². The fourth-order valence-electron chi connectivity index (χ4n) is 3.42. The molecule has 7 nitrogen and oxygen atoms in total. The SMILES string of the molecule is C[C@H]1CN(C(=O)Cc2cc3ccccc3[nH]c2=O)C[C@@H]1NC(=O)OC(C)(C)C. The van der Waals surface area contributed by atoms with E-state index in [9.17, 15) is 14.4 Å². The number of benzene rings is 1. The Hall–Kier alpha value is -2.83. The van der Waals surface area contributed by atoms with E-state index in [1.54, 1.807) is 11.0 Å². The summed E-state index contributed by atoms with van der Waals surface area (Å²) in [6.07, 6.45) is -0.448. The maximum atomic E-state index is 12.7. The quantitative estimate of drug-likeness (QED) is 0.849. The van der Waals surface area contributed by atoms with Gasteiger partial charge in [0.2, 0.25) is 5.91 Å². The van der Waals surface area contributed by atoms with Crippen LogP contribution in [0.3, 0.4) is 0 Å². The predicted octanol–water partition coefficient (Wildman–Crippen LogP) is 2.44. The minimum Gasteiger partial charge on any atom is -0.444 e. The summed E-state index contributed by atoms with van der Waals surface area (Å²) >= 11 is 0. The minimum absolute atomic E-state index is 0.0338. The first-order valence-electron chi connectivity index (χ1n) is 9.50. The molecule has 2 atom stereocenters. The lowest BCUT2D eigenvalue weighted by atomic mass is 10.1. The van der Waals surface area contributed by atoms with E-state index in [0.717, 1.165) is 10.9 Å². The van der Waals surface area contributed by atoms with Crippen LogP contribution in [0.1, 0.15) is 33.3 Å². The van der Waals surface area contributed by atoms with E-state index in [-0.39, 0.29) is 29.8 Å². The highest BCUT2D eigenvalue weighted by Crippen LogP contribution is 2.19. The summed E-state index contributed by atoms with van der Waals surface area (Å²) in [5, 5.41) is 3.74. The lowest BCUT2D eigenvalue weighted by Gasteiger charge is -2.23. The second kappa shape index (κ2) is 7.66. The van der Waals surface area contributed by atoms with Crippen molar-refractivity contribution in [3.63, 3.8) is 0 Å². The van der Waals surface area contributed by atoms with E-state index >= 15 is 0 Å². The first kappa shape index (κ1) is 19.9. The van der Waals surface area contributed by atoms with E-state index in [4.69, 9.17) is 4.74 Å². The zero-order valence-corrected chi connectivity index (χ0v) is 16.7. The number of ether oxygens (including phenoxy) is 1. The number of aromatic amines is 1. The van der Waals surface area contributed by atoms with Crippen LogP contribution in [0.2, 0.25) is 0 Å². The molecule has 1 saturated heterocycles. The van der Waals surface area contributed by atoms with Gasteiger partial charge in [-0.3, -0.25) is 9.59 Å². The number of nitrogens with one attached hydrogen (secondary N) is 2. The van der Waals surface area contributed by atoms with Gasteiger partial charge in [-0.15, -0.1) is 0 Å². The van der Waals surface area contributed by atoms with Gasteiger partial charge < -0.3 is 19.9 Å². The monoisotopic (exact) mass is 385 g/mol. The Morgan fingerprint density at radius 3 is 2.68 bits per heavy atom. The maximum Gasteiger partial charge on any atom is 0.407 e. The Balaban J connectivity index is 1.65. The van der Waals surface area contributed by atoms with Gasteiger partial charge in [-0.05, 0) is 44.2 Å². The molecule has 2 heterocycles. The minimum atomic E-state index is -0.571. The number of H-pyrrole nitrogens is 1. The second-order valence-corrected chi connectivity index (χ2v) is 8.42. The number of nitrogens with zero attached hydrogens (tertiary/aromatic N) is 1. The van der Waals surface area contributed by atoms with E-state index in [0.29, 0.717) is 18.7 Å². The summed E-state index contributed by atoms with van der Waals surface area (Å²) < 4.78 is 5.30. The number of likely N-dealkylation sites (tertiary alicyclic amines) is 1. The van der Waals surface area contributed by atoms with Crippen LogP contribution in [0.25, 0.3) is 10.9 Å². The first-order chi connectivity index (χ1) is 13.1. The number of alkyl carbamates (subject to hydrolysis) is 1. The number of rotatable bonds is 3. The fraction of sp³-hybridized carbons (Fsp3) is 0.476. The molecule has 0 spiro atoms. The van der Waals surface area contributed by atoms with Gasteiger partial charge in [0.05, 0.1) is 12.5 Å². The van der Waals surface area contributed by atoms with Crippen LogP contribution in [0.4, 0.5) is 4.79 Å². The zero-order valence-electron chi connectivity index (χ0n) is 16.7. The molecule has 1 fully saturated rings. The molecular weight excluding hydrogens is 358 g/mol. The number of carbonyl (C=O) groups is 2. The van der Waals surface area contributed by atoms with Crippen molar-refractivity contribution in [2.45, 2.75) is 45.8 Å². The van der Waals surface area contributed by atoms with Crippen molar-refractivity contribution in [3.05, 3.63) is 46.2 Å². The highest BCUT2D eigenvalue weighted by atomic mass is 16.6. The van der Waals surface area contributed by atoms with E-state index in [1.807, 2.05) is 52.0 Å². The molecule has 0 bridgehead atoms. The second-order valence-electron chi connectivity index (χ2n) is 8.42. The van der Waals surface area contributed by atoms with Gasteiger partial charge in [0.25, 0.3) is 5.56 Å². The summed E-state index contributed by atoms with van der Waals surface area (Å²) in [7, 11) is 0. The molecule has 2 aromatic rings. The van der Waals surface area contributed by atoms with Gasteiger partial charge in [0, 0.05) is 24.2 Å².